The van der Waals surface area contributed by atoms with Crippen LogP contribution in [0.1, 0.15) is 35.7 Å². The van der Waals surface area contributed by atoms with Gasteiger partial charge in [0, 0.05) is 13.0 Å². The average Bonchev–Trinajstić information content (AvgIpc) is 3.20. The Balaban J connectivity index is 1.69. The number of aryl methyl sites for hydroxylation is 2. The van der Waals surface area contributed by atoms with E-state index >= 15 is 0 Å². The molecule has 36 heavy (non-hydrogen) atoms. The van der Waals surface area contributed by atoms with Crippen molar-refractivity contribution in [1.82, 2.24) is 9.78 Å². The lowest BCUT2D eigenvalue weighted by Crippen LogP contribution is -2.11. The molecule has 1 aromatic heterocycles. The van der Waals surface area contributed by atoms with Gasteiger partial charge >= 0.3 is 0 Å². The number of nitrogens with one attached hydrogen (secondary N) is 2. The lowest BCUT2D eigenvalue weighted by atomic mass is 10.0. The van der Waals surface area contributed by atoms with Crippen LogP contribution in [0.3, 0.4) is 0 Å². The summed E-state index contributed by atoms with van der Waals surface area (Å²) >= 11 is 6.21. The zero-order valence-corrected chi connectivity index (χ0v) is 21.0. The van der Waals surface area contributed by atoms with Gasteiger partial charge in [-0.2, -0.15) is 10.4 Å². The first-order chi connectivity index (χ1) is 17.3. The number of rotatable bonds is 7. The first-order valence-corrected chi connectivity index (χ1v) is 11.9. The number of amides is 1. The minimum absolute atomic E-state index is 0.122. The molecule has 0 aliphatic carbocycles. The van der Waals surface area contributed by atoms with Gasteiger partial charge in [0.05, 0.1) is 22.1 Å². The number of aromatic hydroxyl groups is 1. The van der Waals surface area contributed by atoms with Crippen molar-refractivity contribution in [3.05, 3.63) is 88.1 Å². The Morgan fingerprint density at radius 1 is 1.14 bits per heavy atom. The maximum Gasteiger partial charge on any atom is 0.224 e. The number of carbonyl (C=O) groups excluding carboxylic acids is 1. The van der Waals surface area contributed by atoms with E-state index in [2.05, 4.69) is 40.9 Å². The summed E-state index contributed by atoms with van der Waals surface area (Å²) in [5.74, 6) is 0.120. The molecule has 4 aromatic rings. The second-order valence-corrected chi connectivity index (χ2v) is 8.83. The molecule has 0 saturated carbocycles. The lowest BCUT2D eigenvalue weighted by molar-refractivity contribution is -0.115. The molecule has 0 fully saturated rings. The smallest absolute Gasteiger partial charge is 0.224 e. The molecular formula is C28H26ClN5O2. The zero-order chi connectivity index (χ0) is 25.8. The van der Waals surface area contributed by atoms with Crippen molar-refractivity contribution in [2.24, 2.45) is 0 Å². The van der Waals surface area contributed by atoms with Gasteiger partial charge in [-0.1, -0.05) is 54.9 Å². The summed E-state index contributed by atoms with van der Waals surface area (Å²) < 4.78 is 1.72. The average molecular weight is 500 g/mol. The van der Waals surface area contributed by atoms with Crippen LogP contribution in [-0.4, -0.2) is 20.8 Å². The number of benzene rings is 3. The van der Waals surface area contributed by atoms with Gasteiger partial charge in [0.2, 0.25) is 5.91 Å². The van der Waals surface area contributed by atoms with Crippen LogP contribution in [0.2, 0.25) is 5.02 Å². The van der Waals surface area contributed by atoms with Crippen LogP contribution in [0, 0.1) is 25.2 Å². The van der Waals surface area contributed by atoms with Crippen LogP contribution in [0.4, 0.5) is 11.5 Å². The summed E-state index contributed by atoms with van der Waals surface area (Å²) in [5.41, 5.74) is 6.12. The molecule has 0 radical (unpaired) electrons. The van der Waals surface area contributed by atoms with Crippen LogP contribution in [-0.2, 0) is 11.3 Å². The third-order valence-electron chi connectivity index (χ3n) is 5.90. The van der Waals surface area contributed by atoms with Crippen LogP contribution in [0.5, 0.6) is 5.75 Å². The second-order valence-electron chi connectivity index (χ2n) is 8.43. The van der Waals surface area contributed by atoms with Crippen LogP contribution in [0.25, 0.3) is 16.8 Å². The Morgan fingerprint density at radius 3 is 2.64 bits per heavy atom. The van der Waals surface area contributed by atoms with Gasteiger partial charge in [-0.3, -0.25) is 4.79 Å². The molecule has 4 rings (SSSR count). The summed E-state index contributed by atoms with van der Waals surface area (Å²) in [6, 6.07) is 21.7. The molecule has 0 aliphatic rings. The van der Waals surface area contributed by atoms with Crippen molar-refractivity contribution in [3.63, 3.8) is 0 Å². The minimum atomic E-state index is -0.236. The molecule has 0 saturated heterocycles. The van der Waals surface area contributed by atoms with E-state index in [0.717, 1.165) is 22.4 Å². The SMILES string of the molecule is CCC(=O)Nc1cc(CNc2c(C#N)c(C)nn2-c2cccc(-c3ccccc3C)c2)cc(Cl)c1O. The standard InChI is InChI=1S/C28H26ClN5O2/c1-4-26(35)32-25-13-19(12-24(29)27(25)36)16-31-28-23(15-30)18(3)33-34(28)21-10-7-9-20(14-21)22-11-6-5-8-17(22)2/h5-14,31,36H,4,16H2,1-3H3,(H,32,35). The number of phenols is 1. The van der Waals surface area contributed by atoms with E-state index in [9.17, 15) is 15.2 Å². The number of anilines is 2. The third kappa shape index (κ3) is 5.04. The summed E-state index contributed by atoms with van der Waals surface area (Å²) in [7, 11) is 0. The van der Waals surface area contributed by atoms with Crippen molar-refractivity contribution >= 4 is 29.0 Å². The zero-order valence-electron chi connectivity index (χ0n) is 20.3. The molecule has 8 heteroatoms. The minimum Gasteiger partial charge on any atom is -0.504 e. The number of hydrogen-bond acceptors (Lipinski definition) is 5. The summed E-state index contributed by atoms with van der Waals surface area (Å²) in [6.45, 7) is 5.87. The largest absolute Gasteiger partial charge is 0.504 e. The molecule has 182 valence electrons. The van der Waals surface area contributed by atoms with E-state index in [4.69, 9.17) is 11.6 Å². The van der Waals surface area contributed by atoms with Gasteiger partial charge in [-0.15, -0.1) is 0 Å². The summed E-state index contributed by atoms with van der Waals surface area (Å²) in [4.78, 5) is 11.8. The first-order valence-electron chi connectivity index (χ1n) is 11.5. The summed E-state index contributed by atoms with van der Waals surface area (Å²) in [5, 5.41) is 30.8. The fourth-order valence-electron chi connectivity index (χ4n) is 3.99. The van der Waals surface area contributed by atoms with Crippen molar-refractivity contribution in [3.8, 4) is 28.6 Å². The molecule has 1 amide bonds. The highest BCUT2D eigenvalue weighted by molar-refractivity contribution is 6.32. The molecule has 3 aromatic carbocycles. The van der Waals surface area contributed by atoms with Crippen molar-refractivity contribution < 1.29 is 9.90 Å². The number of halogens is 1. The third-order valence-corrected chi connectivity index (χ3v) is 6.19. The fourth-order valence-corrected chi connectivity index (χ4v) is 4.23. The van der Waals surface area contributed by atoms with E-state index in [1.807, 2.05) is 36.4 Å². The van der Waals surface area contributed by atoms with Gasteiger partial charge in [0.15, 0.2) is 5.75 Å². The van der Waals surface area contributed by atoms with E-state index in [1.165, 1.54) is 0 Å². The molecule has 1 heterocycles. The molecule has 0 aliphatic heterocycles. The van der Waals surface area contributed by atoms with Gasteiger partial charge in [0.25, 0.3) is 0 Å². The monoisotopic (exact) mass is 499 g/mol. The number of nitrogens with zero attached hydrogens (tertiary/aromatic N) is 3. The predicted octanol–water partition coefficient (Wildman–Crippen LogP) is 6.35. The molecule has 0 atom stereocenters. The van der Waals surface area contributed by atoms with E-state index in [-0.39, 0.29) is 35.3 Å². The van der Waals surface area contributed by atoms with Crippen LogP contribution in [0.15, 0.2) is 60.7 Å². The van der Waals surface area contributed by atoms with Gasteiger partial charge in [0.1, 0.15) is 17.5 Å². The normalized spacial score (nSPS) is 10.6. The number of hydrogen-bond donors (Lipinski definition) is 3. The Labute approximate surface area is 215 Å². The first kappa shape index (κ1) is 24.8. The highest BCUT2D eigenvalue weighted by Crippen LogP contribution is 2.34. The fraction of sp³-hybridized carbons (Fsp3) is 0.179. The molecular weight excluding hydrogens is 474 g/mol. The van der Waals surface area contributed by atoms with Gasteiger partial charge in [-0.25, -0.2) is 4.68 Å². The molecule has 7 nitrogen and oxygen atoms in total. The lowest BCUT2D eigenvalue weighted by Gasteiger charge is -2.14. The Kier molecular flexibility index (Phi) is 7.28. The Hall–Kier alpha value is -4.28. The van der Waals surface area contributed by atoms with Crippen LogP contribution >= 0.6 is 11.6 Å². The number of nitriles is 1. The topological polar surface area (TPSA) is 103 Å². The maximum atomic E-state index is 11.8. The number of phenolic OH excluding ortho intramolecular Hbond substituents is 1. The van der Waals surface area contributed by atoms with Gasteiger partial charge < -0.3 is 15.7 Å². The van der Waals surface area contributed by atoms with Gasteiger partial charge in [-0.05, 0) is 60.4 Å². The van der Waals surface area contributed by atoms with Crippen LogP contribution < -0.4 is 10.6 Å². The number of carbonyl (C=O) groups is 1. The molecule has 3 N–H and O–H groups in total. The Morgan fingerprint density at radius 2 is 1.92 bits per heavy atom. The molecule has 0 unspecified atom stereocenters. The summed E-state index contributed by atoms with van der Waals surface area (Å²) in [6.07, 6.45) is 0.269. The van der Waals surface area contributed by atoms with E-state index in [0.29, 0.717) is 22.6 Å². The second kappa shape index (κ2) is 10.5. The van der Waals surface area contributed by atoms with E-state index < -0.39 is 0 Å². The van der Waals surface area contributed by atoms with Crippen molar-refractivity contribution in [1.29, 1.82) is 5.26 Å². The maximum absolute atomic E-state index is 11.8. The predicted molar refractivity (Wildman–Crippen MR) is 143 cm³/mol. The highest BCUT2D eigenvalue weighted by atomic mass is 35.5. The van der Waals surface area contributed by atoms with E-state index in [1.54, 1.807) is 30.7 Å². The highest BCUT2D eigenvalue weighted by Gasteiger charge is 2.18. The number of aromatic nitrogens is 2. The quantitative estimate of drug-likeness (QED) is 0.257. The Bertz CT molecular complexity index is 1490. The van der Waals surface area contributed by atoms with Crippen molar-refractivity contribution in [2.45, 2.75) is 33.7 Å². The molecule has 0 bridgehead atoms. The van der Waals surface area contributed by atoms with Crippen molar-refractivity contribution in [2.75, 3.05) is 10.6 Å². The molecule has 0 spiro atoms.